The molecule has 8 unspecified atom stereocenters. The van der Waals surface area contributed by atoms with E-state index in [1.807, 2.05) is 39.8 Å². The summed E-state index contributed by atoms with van der Waals surface area (Å²) >= 11 is 0. The Labute approximate surface area is 305 Å². The standard InChI is InChI=1S/C37H70N2O12/c1-14-26-37(10,45)30(41)23(6)38-18-19(2)16-35(8,44)32(51-34-28(40)25(39(11)12)15-20(3)47-34)21(4)29(22(5)33(43)49-26)50-27-17-36(9,46-13)31(42)24(7)48-27/h19-32,34,38,40-42,44-45H,14-18H2,1-13H3/t19-,20?,21-,22-,23+,24?,25?,26+,27?,28?,29-,30+,31?,32-,34?,35-,36?,37-/m1/s1. The molecule has 18 atom stereocenters. The number of carbonyl (C=O) groups excluding carboxylic acids is 1. The van der Waals surface area contributed by atoms with E-state index in [-0.39, 0.29) is 37.3 Å². The molecule has 3 fully saturated rings. The molecule has 3 rings (SSSR count). The van der Waals surface area contributed by atoms with E-state index in [0.29, 0.717) is 13.0 Å². The summed E-state index contributed by atoms with van der Waals surface area (Å²) in [5.41, 5.74) is -4.37. The van der Waals surface area contributed by atoms with Gasteiger partial charge in [0.2, 0.25) is 0 Å². The van der Waals surface area contributed by atoms with Crippen molar-refractivity contribution in [3.05, 3.63) is 0 Å². The summed E-state index contributed by atoms with van der Waals surface area (Å²) in [6, 6.07) is -0.858. The molecule has 300 valence electrons. The summed E-state index contributed by atoms with van der Waals surface area (Å²) in [7, 11) is 5.27. The monoisotopic (exact) mass is 734 g/mol. The van der Waals surface area contributed by atoms with Crippen LogP contribution in [-0.4, -0.2) is 154 Å². The SMILES string of the molecule is CC[C@@H]1OC(=O)[C@H](C)[C@H](OC2CC(C)(OC)C(O)C(C)O2)[C@@H](C)[C@@H](OC2OC(C)CC(N(C)C)C2O)[C@](C)(O)C[C@@H](C)CN[C@@H](C)[C@H](O)[C@]1(C)O. The van der Waals surface area contributed by atoms with Crippen LogP contribution in [0.4, 0.5) is 0 Å². The normalized spacial score (nSPS) is 49.9. The van der Waals surface area contributed by atoms with Gasteiger partial charge in [-0.2, -0.15) is 0 Å². The average molecular weight is 735 g/mol. The van der Waals surface area contributed by atoms with Crippen LogP contribution in [-0.2, 0) is 33.2 Å². The summed E-state index contributed by atoms with van der Waals surface area (Å²) in [6.45, 7) is 17.8. The second-order valence-electron chi connectivity index (χ2n) is 16.7. The van der Waals surface area contributed by atoms with E-state index in [1.165, 1.54) is 14.0 Å². The topological polar surface area (TPSA) is 189 Å². The van der Waals surface area contributed by atoms with Gasteiger partial charge in [-0.1, -0.05) is 20.8 Å². The average Bonchev–Trinajstić information content (AvgIpc) is 3.05. The molecule has 0 aromatic heterocycles. The number of methoxy groups -OCH3 is 1. The minimum Gasteiger partial charge on any atom is -0.459 e. The van der Waals surface area contributed by atoms with Gasteiger partial charge in [-0.05, 0) is 94.3 Å². The Morgan fingerprint density at radius 2 is 1.57 bits per heavy atom. The lowest BCUT2D eigenvalue weighted by molar-refractivity contribution is -0.318. The first-order chi connectivity index (χ1) is 23.5. The highest BCUT2D eigenvalue weighted by Crippen LogP contribution is 2.40. The molecule has 3 aliphatic rings. The molecule has 0 aromatic rings. The number of esters is 1. The Hall–Kier alpha value is -1.01. The van der Waals surface area contributed by atoms with Crippen molar-refractivity contribution < 1.29 is 58.7 Å². The number of hydrogen-bond acceptors (Lipinski definition) is 14. The van der Waals surface area contributed by atoms with E-state index in [4.69, 9.17) is 28.4 Å². The van der Waals surface area contributed by atoms with Gasteiger partial charge in [0.1, 0.15) is 30.0 Å². The first-order valence-corrected chi connectivity index (χ1v) is 18.8. The number of aliphatic hydroxyl groups excluding tert-OH is 3. The Bertz CT molecular complexity index is 1110. The van der Waals surface area contributed by atoms with Crippen molar-refractivity contribution in [2.24, 2.45) is 17.8 Å². The molecule has 0 amide bonds. The fraction of sp³-hybridized carbons (Fsp3) is 0.973. The third-order valence-corrected chi connectivity index (χ3v) is 11.7. The van der Waals surface area contributed by atoms with Crippen LogP contribution in [0.3, 0.4) is 0 Å². The molecular formula is C37H70N2O12. The molecule has 3 aliphatic heterocycles. The Morgan fingerprint density at radius 3 is 2.14 bits per heavy atom. The third-order valence-electron chi connectivity index (χ3n) is 11.7. The molecule has 0 aromatic carbocycles. The third kappa shape index (κ3) is 10.2. The van der Waals surface area contributed by atoms with Crippen molar-refractivity contribution >= 4 is 5.97 Å². The van der Waals surface area contributed by atoms with Gasteiger partial charge in [-0.15, -0.1) is 0 Å². The highest BCUT2D eigenvalue weighted by molar-refractivity contribution is 5.73. The van der Waals surface area contributed by atoms with Gasteiger partial charge >= 0.3 is 5.97 Å². The van der Waals surface area contributed by atoms with Crippen molar-refractivity contribution in [3.63, 3.8) is 0 Å². The highest BCUT2D eigenvalue weighted by Gasteiger charge is 2.52. The number of aliphatic hydroxyl groups is 5. The van der Waals surface area contributed by atoms with Gasteiger partial charge in [0.05, 0.1) is 41.5 Å². The molecular weight excluding hydrogens is 664 g/mol. The summed E-state index contributed by atoms with van der Waals surface area (Å²) in [5.74, 6) is -2.60. The van der Waals surface area contributed by atoms with Gasteiger partial charge in [0, 0.05) is 31.5 Å². The van der Waals surface area contributed by atoms with Crippen molar-refractivity contribution in [2.75, 3.05) is 27.7 Å². The Morgan fingerprint density at radius 1 is 0.941 bits per heavy atom. The zero-order valence-corrected chi connectivity index (χ0v) is 33.2. The van der Waals surface area contributed by atoms with E-state index >= 15 is 0 Å². The molecule has 6 N–H and O–H groups in total. The predicted molar refractivity (Wildman–Crippen MR) is 190 cm³/mol. The van der Waals surface area contributed by atoms with Crippen LogP contribution in [0.5, 0.6) is 0 Å². The van der Waals surface area contributed by atoms with Gasteiger partial charge in [0.25, 0.3) is 0 Å². The number of cyclic esters (lactones) is 1. The lowest BCUT2D eigenvalue weighted by atomic mass is 9.77. The maximum Gasteiger partial charge on any atom is 0.311 e. The van der Waals surface area contributed by atoms with E-state index in [1.54, 1.807) is 41.5 Å². The molecule has 14 nitrogen and oxygen atoms in total. The minimum atomic E-state index is -1.80. The summed E-state index contributed by atoms with van der Waals surface area (Å²) in [4.78, 5) is 16.1. The van der Waals surface area contributed by atoms with Crippen molar-refractivity contribution in [3.8, 4) is 0 Å². The first-order valence-electron chi connectivity index (χ1n) is 18.8. The maximum absolute atomic E-state index is 14.1. The number of carbonyl (C=O) groups is 1. The van der Waals surface area contributed by atoms with Crippen LogP contribution in [0.15, 0.2) is 0 Å². The zero-order valence-electron chi connectivity index (χ0n) is 33.2. The number of nitrogens with zero attached hydrogens (tertiary/aromatic N) is 1. The molecule has 14 heteroatoms. The molecule has 0 spiro atoms. The maximum atomic E-state index is 14.1. The summed E-state index contributed by atoms with van der Waals surface area (Å²) in [6.07, 6.45) is -8.22. The second-order valence-corrected chi connectivity index (χ2v) is 16.7. The van der Waals surface area contributed by atoms with Crippen LogP contribution >= 0.6 is 0 Å². The summed E-state index contributed by atoms with van der Waals surface area (Å²) < 4.78 is 37.4. The lowest BCUT2D eigenvalue weighted by Crippen LogP contribution is -2.60. The van der Waals surface area contributed by atoms with Gasteiger partial charge in [-0.25, -0.2) is 0 Å². The van der Waals surface area contributed by atoms with E-state index in [2.05, 4.69) is 5.32 Å². The van der Waals surface area contributed by atoms with Crippen LogP contribution in [0, 0.1) is 17.8 Å². The minimum absolute atomic E-state index is 0.132. The number of likely N-dealkylation sites (N-methyl/N-ethyl adjacent to an activating group) is 1. The highest BCUT2D eigenvalue weighted by atomic mass is 16.7. The molecule has 3 heterocycles. The Balaban J connectivity index is 2.15. The largest absolute Gasteiger partial charge is 0.459 e. The van der Waals surface area contributed by atoms with Crippen LogP contribution in [0.1, 0.15) is 94.9 Å². The molecule has 3 saturated heterocycles. The molecule has 0 saturated carbocycles. The van der Waals surface area contributed by atoms with Gasteiger partial charge in [-0.3, -0.25) is 4.79 Å². The lowest BCUT2D eigenvalue weighted by Gasteiger charge is -2.48. The van der Waals surface area contributed by atoms with Crippen molar-refractivity contribution in [2.45, 2.75) is 185 Å². The van der Waals surface area contributed by atoms with E-state index in [9.17, 15) is 30.3 Å². The van der Waals surface area contributed by atoms with Crippen LogP contribution in [0.2, 0.25) is 0 Å². The van der Waals surface area contributed by atoms with Crippen LogP contribution in [0.25, 0.3) is 0 Å². The van der Waals surface area contributed by atoms with Gasteiger partial charge < -0.3 is 64.2 Å². The van der Waals surface area contributed by atoms with Crippen molar-refractivity contribution in [1.29, 1.82) is 0 Å². The predicted octanol–water partition coefficient (Wildman–Crippen LogP) is 1.56. The number of nitrogens with one attached hydrogen (secondary N) is 1. The number of ether oxygens (including phenoxy) is 6. The fourth-order valence-corrected chi connectivity index (χ4v) is 8.36. The van der Waals surface area contributed by atoms with Crippen molar-refractivity contribution in [1.82, 2.24) is 10.2 Å². The number of hydrogen-bond donors (Lipinski definition) is 6. The molecule has 0 aliphatic carbocycles. The smallest absolute Gasteiger partial charge is 0.311 e. The Kier molecular flexibility index (Phi) is 15.3. The zero-order chi connectivity index (χ0) is 38.8. The quantitative estimate of drug-likeness (QED) is 0.207. The van der Waals surface area contributed by atoms with E-state index in [0.717, 1.165) is 0 Å². The first kappa shape index (κ1) is 44.4. The second kappa shape index (κ2) is 17.6. The van der Waals surface area contributed by atoms with Crippen LogP contribution < -0.4 is 5.32 Å². The molecule has 51 heavy (non-hydrogen) atoms. The molecule has 0 radical (unpaired) electrons. The molecule has 0 bridgehead atoms. The fourth-order valence-electron chi connectivity index (χ4n) is 8.36. The van der Waals surface area contributed by atoms with Gasteiger partial charge in [0.15, 0.2) is 12.6 Å². The number of rotatable bonds is 7. The van der Waals surface area contributed by atoms with E-state index < -0.39 is 96.0 Å². The summed E-state index contributed by atoms with van der Waals surface area (Å²) in [5, 5.41) is 60.9.